The summed E-state index contributed by atoms with van der Waals surface area (Å²) < 4.78 is 5.32. The largest absolute Gasteiger partial charge is 0.333 e. The molecule has 0 radical (unpaired) electrons. The average Bonchev–Trinajstić information content (AvgIpc) is 2.98. The SMILES string of the molecule is Cc1ncc(-c2nc(C3CNCCN3C)no2)s1. The first kappa shape index (κ1) is 11.8. The van der Waals surface area contributed by atoms with Crippen molar-refractivity contribution >= 4 is 11.3 Å². The summed E-state index contributed by atoms with van der Waals surface area (Å²) >= 11 is 1.57. The van der Waals surface area contributed by atoms with Gasteiger partial charge in [0.1, 0.15) is 4.88 Å². The van der Waals surface area contributed by atoms with Gasteiger partial charge in [-0.15, -0.1) is 11.3 Å². The zero-order chi connectivity index (χ0) is 12.5. The Morgan fingerprint density at radius 3 is 3.17 bits per heavy atom. The Hall–Kier alpha value is -1.31. The highest BCUT2D eigenvalue weighted by Gasteiger charge is 2.25. The van der Waals surface area contributed by atoms with Crippen LogP contribution in [0.25, 0.3) is 10.8 Å². The lowest BCUT2D eigenvalue weighted by molar-refractivity contribution is 0.190. The van der Waals surface area contributed by atoms with E-state index in [0.29, 0.717) is 5.89 Å². The Bertz CT molecular complexity index is 537. The van der Waals surface area contributed by atoms with Gasteiger partial charge in [-0.25, -0.2) is 4.98 Å². The van der Waals surface area contributed by atoms with E-state index in [2.05, 4.69) is 32.4 Å². The number of nitrogens with one attached hydrogen (secondary N) is 1. The van der Waals surface area contributed by atoms with Crippen molar-refractivity contribution in [2.45, 2.75) is 13.0 Å². The third-order valence-corrected chi connectivity index (χ3v) is 3.98. The van der Waals surface area contributed by atoms with Crippen molar-refractivity contribution in [3.05, 3.63) is 17.0 Å². The zero-order valence-corrected chi connectivity index (χ0v) is 11.2. The minimum absolute atomic E-state index is 0.185. The van der Waals surface area contributed by atoms with Crippen molar-refractivity contribution in [2.75, 3.05) is 26.7 Å². The maximum Gasteiger partial charge on any atom is 0.269 e. The summed E-state index contributed by atoms with van der Waals surface area (Å²) in [4.78, 5) is 11.8. The number of rotatable bonds is 2. The van der Waals surface area contributed by atoms with E-state index < -0.39 is 0 Å². The van der Waals surface area contributed by atoms with Crippen LogP contribution in [0.4, 0.5) is 0 Å². The van der Waals surface area contributed by atoms with Crippen LogP contribution in [0.5, 0.6) is 0 Å². The summed E-state index contributed by atoms with van der Waals surface area (Å²) in [6.45, 7) is 4.82. The van der Waals surface area contributed by atoms with E-state index in [1.807, 2.05) is 6.92 Å². The standard InChI is InChI=1S/C11H15N5OS/c1-7-13-6-9(18-7)11-14-10(15-17-11)8-5-12-3-4-16(8)2/h6,8,12H,3-5H2,1-2H3. The molecule has 2 aromatic heterocycles. The van der Waals surface area contributed by atoms with Crippen LogP contribution >= 0.6 is 11.3 Å². The summed E-state index contributed by atoms with van der Waals surface area (Å²) in [6, 6.07) is 0.185. The summed E-state index contributed by atoms with van der Waals surface area (Å²) in [5.41, 5.74) is 0. The number of nitrogens with zero attached hydrogens (tertiary/aromatic N) is 4. The molecule has 6 nitrogen and oxygen atoms in total. The molecule has 3 heterocycles. The summed E-state index contributed by atoms with van der Waals surface area (Å²) in [7, 11) is 2.08. The lowest BCUT2D eigenvalue weighted by atomic mass is 10.2. The van der Waals surface area contributed by atoms with Gasteiger partial charge in [0, 0.05) is 19.6 Å². The van der Waals surface area contributed by atoms with Crippen molar-refractivity contribution in [3.63, 3.8) is 0 Å². The highest BCUT2D eigenvalue weighted by atomic mass is 32.1. The van der Waals surface area contributed by atoms with Gasteiger partial charge in [0.25, 0.3) is 5.89 Å². The third kappa shape index (κ3) is 2.16. The van der Waals surface area contributed by atoms with Crippen LogP contribution in [-0.2, 0) is 0 Å². The molecule has 7 heteroatoms. The summed E-state index contributed by atoms with van der Waals surface area (Å²) in [5, 5.41) is 8.43. The van der Waals surface area contributed by atoms with E-state index in [-0.39, 0.29) is 6.04 Å². The number of hydrogen-bond donors (Lipinski definition) is 1. The predicted octanol–water partition coefficient (Wildman–Crippen LogP) is 1.08. The van der Waals surface area contributed by atoms with Crippen LogP contribution in [0.1, 0.15) is 16.9 Å². The smallest absolute Gasteiger partial charge is 0.269 e. The molecule has 0 amide bonds. The number of likely N-dealkylation sites (N-methyl/N-ethyl adjacent to an activating group) is 1. The predicted molar refractivity (Wildman–Crippen MR) is 68.4 cm³/mol. The van der Waals surface area contributed by atoms with E-state index in [1.165, 1.54) is 0 Å². The summed E-state index contributed by atoms with van der Waals surface area (Å²) in [5.74, 6) is 1.31. The van der Waals surface area contributed by atoms with Gasteiger partial charge in [0.15, 0.2) is 5.82 Å². The fourth-order valence-electron chi connectivity index (χ4n) is 2.02. The van der Waals surface area contributed by atoms with E-state index in [9.17, 15) is 0 Å². The quantitative estimate of drug-likeness (QED) is 0.876. The molecule has 1 N–H and O–H groups in total. The molecule has 3 rings (SSSR count). The van der Waals surface area contributed by atoms with Crippen LogP contribution in [0, 0.1) is 6.92 Å². The van der Waals surface area contributed by atoms with Crippen molar-refractivity contribution in [1.29, 1.82) is 0 Å². The average molecular weight is 265 g/mol. The first-order valence-electron chi connectivity index (χ1n) is 5.91. The van der Waals surface area contributed by atoms with Crippen LogP contribution in [0.2, 0.25) is 0 Å². The lowest BCUT2D eigenvalue weighted by Gasteiger charge is -2.30. The first-order chi connectivity index (χ1) is 8.74. The molecule has 1 fully saturated rings. The summed E-state index contributed by atoms with van der Waals surface area (Å²) in [6.07, 6.45) is 1.78. The van der Waals surface area contributed by atoms with Gasteiger partial charge in [-0.05, 0) is 14.0 Å². The molecule has 1 saturated heterocycles. The molecule has 18 heavy (non-hydrogen) atoms. The van der Waals surface area contributed by atoms with Gasteiger partial charge in [-0.1, -0.05) is 5.16 Å². The zero-order valence-electron chi connectivity index (χ0n) is 10.4. The number of aromatic nitrogens is 3. The Labute approximate surface area is 109 Å². The Morgan fingerprint density at radius 2 is 2.44 bits per heavy atom. The van der Waals surface area contributed by atoms with Crippen LogP contribution in [0.15, 0.2) is 10.7 Å². The van der Waals surface area contributed by atoms with Crippen LogP contribution in [-0.4, -0.2) is 46.7 Å². The number of thiazole rings is 1. The first-order valence-corrected chi connectivity index (χ1v) is 6.73. The van der Waals surface area contributed by atoms with Gasteiger partial charge < -0.3 is 9.84 Å². The second-order valence-electron chi connectivity index (χ2n) is 4.40. The fourth-order valence-corrected chi connectivity index (χ4v) is 2.72. The van der Waals surface area contributed by atoms with Gasteiger partial charge in [0.05, 0.1) is 17.2 Å². The van der Waals surface area contributed by atoms with Crippen molar-refractivity contribution in [1.82, 2.24) is 25.3 Å². The molecular weight excluding hydrogens is 250 g/mol. The van der Waals surface area contributed by atoms with Crippen molar-refractivity contribution < 1.29 is 4.52 Å². The molecule has 0 aliphatic carbocycles. The minimum Gasteiger partial charge on any atom is -0.333 e. The second kappa shape index (κ2) is 4.75. The normalized spacial score (nSPS) is 21.3. The Balaban J connectivity index is 1.84. The molecule has 2 aromatic rings. The number of piperazine rings is 1. The molecule has 1 aliphatic rings. The van der Waals surface area contributed by atoms with Gasteiger partial charge in [-0.3, -0.25) is 4.90 Å². The number of hydrogen-bond acceptors (Lipinski definition) is 7. The molecule has 0 bridgehead atoms. The monoisotopic (exact) mass is 265 g/mol. The molecule has 1 unspecified atom stereocenters. The maximum absolute atomic E-state index is 5.32. The highest BCUT2D eigenvalue weighted by molar-refractivity contribution is 7.14. The van der Waals surface area contributed by atoms with E-state index in [4.69, 9.17) is 4.52 Å². The molecule has 96 valence electrons. The maximum atomic E-state index is 5.32. The van der Waals surface area contributed by atoms with E-state index >= 15 is 0 Å². The van der Waals surface area contributed by atoms with E-state index in [1.54, 1.807) is 17.5 Å². The highest BCUT2D eigenvalue weighted by Crippen LogP contribution is 2.26. The fraction of sp³-hybridized carbons (Fsp3) is 0.545. The molecule has 0 saturated carbocycles. The van der Waals surface area contributed by atoms with Gasteiger partial charge in [-0.2, -0.15) is 4.98 Å². The van der Waals surface area contributed by atoms with Gasteiger partial charge >= 0.3 is 0 Å². The topological polar surface area (TPSA) is 67.1 Å². The second-order valence-corrected chi connectivity index (χ2v) is 5.64. The van der Waals surface area contributed by atoms with E-state index in [0.717, 1.165) is 35.3 Å². The molecule has 0 aromatic carbocycles. The lowest BCUT2D eigenvalue weighted by Crippen LogP contribution is -2.44. The van der Waals surface area contributed by atoms with Gasteiger partial charge in [0.2, 0.25) is 0 Å². The van der Waals surface area contributed by atoms with Crippen molar-refractivity contribution in [3.8, 4) is 10.8 Å². The third-order valence-electron chi connectivity index (χ3n) is 3.08. The molecule has 1 aliphatic heterocycles. The Morgan fingerprint density at radius 1 is 1.56 bits per heavy atom. The molecule has 1 atom stereocenters. The molecule has 0 spiro atoms. The van der Waals surface area contributed by atoms with Crippen LogP contribution < -0.4 is 5.32 Å². The molecular formula is C11H15N5OS. The van der Waals surface area contributed by atoms with Crippen molar-refractivity contribution in [2.24, 2.45) is 0 Å². The Kier molecular flexibility index (Phi) is 3.11. The number of aryl methyl sites for hydroxylation is 1. The van der Waals surface area contributed by atoms with Crippen LogP contribution in [0.3, 0.4) is 0 Å². The minimum atomic E-state index is 0.185.